The number of halogens is 2. The summed E-state index contributed by atoms with van der Waals surface area (Å²) in [5.41, 5.74) is 3.82. The van der Waals surface area contributed by atoms with Crippen LogP contribution in [0.3, 0.4) is 0 Å². The summed E-state index contributed by atoms with van der Waals surface area (Å²) >= 11 is 0. The summed E-state index contributed by atoms with van der Waals surface area (Å²) < 4.78 is 35.1. The molecular weight excluding hydrogens is 414 g/mol. The Kier molecular flexibility index (Phi) is 5.34. The molecule has 0 fully saturated rings. The Labute approximate surface area is 184 Å². The number of nitrogens with one attached hydrogen (secondary N) is 2. The number of ether oxygens (including phenoxy) is 1. The minimum atomic E-state index is -0.629. The van der Waals surface area contributed by atoms with Gasteiger partial charge in [-0.25, -0.2) is 18.7 Å². The second kappa shape index (κ2) is 8.31. The minimum absolute atomic E-state index is 0.0195. The molecule has 0 saturated heterocycles. The Morgan fingerprint density at radius 3 is 2.84 bits per heavy atom. The van der Waals surface area contributed by atoms with Crippen LogP contribution in [0.15, 0.2) is 30.6 Å². The molecule has 2 aliphatic heterocycles. The van der Waals surface area contributed by atoms with Gasteiger partial charge in [0, 0.05) is 36.8 Å². The zero-order valence-electron chi connectivity index (χ0n) is 18.0. The Bertz CT molecular complexity index is 1170. The zero-order chi connectivity index (χ0) is 22.2. The van der Waals surface area contributed by atoms with E-state index in [1.54, 1.807) is 12.3 Å². The summed E-state index contributed by atoms with van der Waals surface area (Å²) in [6.45, 7) is 6.74. The number of hydrogen-bond acceptors (Lipinski definition) is 7. The van der Waals surface area contributed by atoms with Crippen LogP contribution in [0.4, 0.5) is 26.1 Å². The molecule has 0 amide bonds. The van der Waals surface area contributed by atoms with Gasteiger partial charge in [0.15, 0.2) is 17.4 Å². The van der Waals surface area contributed by atoms with Crippen molar-refractivity contribution in [2.45, 2.75) is 32.9 Å². The maximum absolute atomic E-state index is 14.8. The molecule has 0 unspecified atom stereocenters. The number of anilines is 3. The van der Waals surface area contributed by atoms with Gasteiger partial charge in [-0.3, -0.25) is 4.98 Å². The third-order valence-electron chi connectivity index (χ3n) is 5.72. The van der Waals surface area contributed by atoms with E-state index >= 15 is 0 Å². The highest BCUT2D eigenvalue weighted by Gasteiger charge is 2.25. The Morgan fingerprint density at radius 1 is 1.12 bits per heavy atom. The molecule has 1 aromatic carbocycles. The molecule has 3 aromatic rings. The molecule has 0 bridgehead atoms. The van der Waals surface area contributed by atoms with Gasteiger partial charge in [0.25, 0.3) is 0 Å². The van der Waals surface area contributed by atoms with Gasteiger partial charge in [0.2, 0.25) is 5.95 Å². The van der Waals surface area contributed by atoms with Crippen molar-refractivity contribution in [1.29, 1.82) is 0 Å². The Hall–Kier alpha value is -3.33. The molecule has 0 spiro atoms. The van der Waals surface area contributed by atoms with Crippen LogP contribution < -0.4 is 20.3 Å². The Morgan fingerprint density at radius 2 is 2.00 bits per heavy atom. The first-order valence-electron chi connectivity index (χ1n) is 10.7. The molecule has 5 rings (SSSR count). The van der Waals surface area contributed by atoms with E-state index in [0.717, 1.165) is 37.0 Å². The molecule has 4 heterocycles. The molecular formula is C23H24F2N6O. The van der Waals surface area contributed by atoms with Crippen LogP contribution in [-0.2, 0) is 13.0 Å². The summed E-state index contributed by atoms with van der Waals surface area (Å²) in [4.78, 5) is 14.9. The minimum Gasteiger partial charge on any atom is -0.486 e. The summed E-state index contributed by atoms with van der Waals surface area (Å²) in [5, 5.41) is 6.40. The quantitative estimate of drug-likeness (QED) is 0.642. The zero-order valence-corrected chi connectivity index (χ0v) is 18.0. The molecule has 0 saturated carbocycles. The lowest BCUT2D eigenvalue weighted by molar-refractivity contribution is 0.287. The van der Waals surface area contributed by atoms with Gasteiger partial charge in [-0.2, -0.15) is 0 Å². The fourth-order valence-electron chi connectivity index (χ4n) is 4.15. The average molecular weight is 438 g/mol. The van der Waals surface area contributed by atoms with Gasteiger partial charge in [-0.15, -0.1) is 0 Å². The number of fused-ring (bicyclic) bond motifs is 2. The van der Waals surface area contributed by atoms with E-state index in [2.05, 4.69) is 25.6 Å². The maximum atomic E-state index is 14.8. The predicted molar refractivity (Wildman–Crippen MR) is 118 cm³/mol. The highest BCUT2D eigenvalue weighted by molar-refractivity contribution is 5.73. The predicted octanol–water partition coefficient (Wildman–Crippen LogP) is 3.81. The molecule has 2 aliphatic rings. The molecule has 9 heteroatoms. The maximum Gasteiger partial charge on any atom is 0.227 e. The first-order chi connectivity index (χ1) is 15.5. The lowest BCUT2D eigenvalue weighted by Crippen LogP contribution is -2.38. The average Bonchev–Trinajstić information content (AvgIpc) is 2.79. The van der Waals surface area contributed by atoms with Crippen LogP contribution in [0.25, 0.3) is 11.3 Å². The fraction of sp³-hybridized carbons (Fsp3) is 0.348. The SMILES string of the molecule is CC(C)N1CCOc2c(F)cc(-c3nc(Nc4cnc5c(c4)CNCC5)ncc3F)cc21. The lowest BCUT2D eigenvalue weighted by Gasteiger charge is -2.34. The standard InChI is InChI=1S/C23H24F2N6O/c1-13(2)31-5-6-32-22-17(24)8-14(9-20(22)31)21-18(25)12-28-23(30-21)29-16-7-15-10-26-4-3-19(15)27-11-16/h7-9,11-13,26H,3-6,10H2,1-2H3,(H,28,29,30). The summed E-state index contributed by atoms with van der Waals surface area (Å²) in [6, 6.07) is 5.10. The van der Waals surface area contributed by atoms with Crippen molar-refractivity contribution >= 4 is 17.3 Å². The van der Waals surface area contributed by atoms with Crippen molar-refractivity contribution < 1.29 is 13.5 Å². The van der Waals surface area contributed by atoms with E-state index in [0.29, 0.717) is 30.1 Å². The fourth-order valence-corrected chi connectivity index (χ4v) is 4.15. The largest absolute Gasteiger partial charge is 0.486 e. The molecule has 32 heavy (non-hydrogen) atoms. The van der Waals surface area contributed by atoms with E-state index in [9.17, 15) is 8.78 Å². The topological polar surface area (TPSA) is 75.2 Å². The highest BCUT2D eigenvalue weighted by Crippen LogP contribution is 2.39. The van der Waals surface area contributed by atoms with Gasteiger partial charge in [-0.05, 0) is 37.6 Å². The number of rotatable bonds is 4. The van der Waals surface area contributed by atoms with Crippen molar-refractivity contribution in [2.24, 2.45) is 0 Å². The first kappa shape index (κ1) is 20.6. The Balaban J connectivity index is 1.49. The molecule has 0 atom stereocenters. The van der Waals surface area contributed by atoms with E-state index in [1.807, 2.05) is 24.8 Å². The van der Waals surface area contributed by atoms with Gasteiger partial charge in [-0.1, -0.05) is 0 Å². The molecule has 2 aromatic heterocycles. The second-order valence-electron chi connectivity index (χ2n) is 8.21. The summed E-state index contributed by atoms with van der Waals surface area (Å²) in [5.74, 6) is -0.769. The van der Waals surface area contributed by atoms with Crippen molar-refractivity contribution in [3.63, 3.8) is 0 Å². The lowest BCUT2D eigenvalue weighted by atomic mass is 10.1. The number of pyridine rings is 1. The van der Waals surface area contributed by atoms with Crippen LogP contribution in [0.2, 0.25) is 0 Å². The highest BCUT2D eigenvalue weighted by atomic mass is 19.1. The molecule has 166 valence electrons. The molecule has 0 radical (unpaired) electrons. The van der Waals surface area contributed by atoms with Crippen LogP contribution in [-0.4, -0.2) is 40.7 Å². The number of benzene rings is 1. The van der Waals surface area contributed by atoms with Gasteiger partial charge >= 0.3 is 0 Å². The van der Waals surface area contributed by atoms with Crippen LogP contribution >= 0.6 is 0 Å². The normalized spacial score (nSPS) is 15.2. The van der Waals surface area contributed by atoms with E-state index in [-0.39, 0.29) is 23.4 Å². The van der Waals surface area contributed by atoms with Gasteiger partial charge < -0.3 is 20.3 Å². The van der Waals surface area contributed by atoms with E-state index in [1.165, 1.54) is 6.07 Å². The van der Waals surface area contributed by atoms with Crippen molar-refractivity contribution in [3.8, 4) is 17.0 Å². The third-order valence-corrected chi connectivity index (χ3v) is 5.72. The van der Waals surface area contributed by atoms with Crippen molar-refractivity contribution in [1.82, 2.24) is 20.3 Å². The number of aromatic nitrogens is 3. The monoisotopic (exact) mass is 438 g/mol. The van der Waals surface area contributed by atoms with Crippen LogP contribution in [0.1, 0.15) is 25.1 Å². The van der Waals surface area contributed by atoms with Crippen LogP contribution in [0, 0.1) is 11.6 Å². The molecule has 2 N–H and O–H groups in total. The third kappa shape index (κ3) is 3.84. The molecule has 0 aliphatic carbocycles. The van der Waals surface area contributed by atoms with Crippen LogP contribution in [0.5, 0.6) is 5.75 Å². The van der Waals surface area contributed by atoms with Crippen molar-refractivity contribution in [3.05, 3.63) is 53.5 Å². The smallest absolute Gasteiger partial charge is 0.227 e. The molecule has 7 nitrogen and oxygen atoms in total. The van der Waals surface area contributed by atoms with Gasteiger partial charge in [0.05, 0.1) is 30.3 Å². The number of nitrogens with zero attached hydrogens (tertiary/aromatic N) is 4. The summed E-state index contributed by atoms with van der Waals surface area (Å²) in [6.07, 6.45) is 3.69. The number of hydrogen-bond donors (Lipinski definition) is 2. The van der Waals surface area contributed by atoms with E-state index in [4.69, 9.17) is 4.74 Å². The summed E-state index contributed by atoms with van der Waals surface area (Å²) in [7, 11) is 0. The van der Waals surface area contributed by atoms with Crippen molar-refractivity contribution in [2.75, 3.05) is 29.9 Å². The first-order valence-corrected chi connectivity index (χ1v) is 10.7. The van der Waals surface area contributed by atoms with E-state index < -0.39 is 11.6 Å². The second-order valence-corrected chi connectivity index (χ2v) is 8.21. The van der Waals surface area contributed by atoms with Gasteiger partial charge in [0.1, 0.15) is 12.3 Å².